The molecule has 0 spiro atoms. The average molecular weight is 188 g/mol. The number of rotatable bonds is 3. The molecule has 2 atom stereocenters. The maximum absolute atomic E-state index is 9.34. The Bertz CT molecular complexity index is 286. The lowest BCUT2D eigenvalue weighted by Crippen LogP contribution is -2.22. The molecule has 6 heteroatoms. The fraction of sp³-hybridized carbons (Fsp3) is 0.571. The molecular formula is C7H12N2O4. The summed E-state index contributed by atoms with van der Waals surface area (Å²) in [5.41, 5.74) is -0.0379. The number of hydrogen-bond acceptors (Lipinski definition) is 5. The first-order valence-corrected chi connectivity index (χ1v) is 3.75. The van der Waals surface area contributed by atoms with E-state index in [9.17, 15) is 10.2 Å². The first-order chi connectivity index (χ1) is 6.06. The topological polar surface area (TPSA) is 98.7 Å². The molecule has 0 aliphatic heterocycles. The predicted octanol–water partition coefficient (Wildman–Crippen LogP) is -1.49. The van der Waals surface area contributed by atoms with Gasteiger partial charge in [-0.1, -0.05) is 0 Å². The zero-order valence-electron chi connectivity index (χ0n) is 7.12. The molecule has 0 saturated heterocycles. The summed E-state index contributed by atoms with van der Waals surface area (Å²) in [5.74, 6) is -0.206. The van der Waals surface area contributed by atoms with E-state index in [0.29, 0.717) is 0 Å². The van der Waals surface area contributed by atoms with Crippen LogP contribution >= 0.6 is 0 Å². The summed E-state index contributed by atoms with van der Waals surface area (Å²) in [6.07, 6.45) is -1.41. The van der Waals surface area contributed by atoms with Crippen LogP contribution in [0, 0.1) is 0 Å². The quantitative estimate of drug-likeness (QED) is 0.463. The lowest BCUT2D eigenvalue weighted by Gasteiger charge is -2.12. The number of aliphatic hydroxyl groups excluding tert-OH is 3. The van der Waals surface area contributed by atoms with Gasteiger partial charge in [-0.25, -0.2) is 0 Å². The smallest absolute Gasteiger partial charge is 0.159 e. The van der Waals surface area contributed by atoms with Crippen LogP contribution in [0.15, 0.2) is 6.20 Å². The minimum Gasteiger partial charge on any atom is -0.504 e. The van der Waals surface area contributed by atoms with Crippen molar-refractivity contribution in [2.75, 3.05) is 6.61 Å². The maximum Gasteiger partial charge on any atom is 0.159 e. The van der Waals surface area contributed by atoms with E-state index in [4.69, 9.17) is 10.2 Å². The van der Waals surface area contributed by atoms with Crippen LogP contribution in [0.5, 0.6) is 5.75 Å². The van der Waals surface area contributed by atoms with Crippen LogP contribution in [0.2, 0.25) is 0 Å². The zero-order valence-corrected chi connectivity index (χ0v) is 7.12. The molecule has 0 radical (unpaired) electrons. The second-order valence-corrected chi connectivity index (χ2v) is 2.77. The minimum atomic E-state index is -1.37. The van der Waals surface area contributed by atoms with E-state index in [2.05, 4.69) is 5.10 Å². The Morgan fingerprint density at radius 2 is 2.15 bits per heavy atom. The third-order valence-electron chi connectivity index (χ3n) is 1.67. The summed E-state index contributed by atoms with van der Waals surface area (Å²) in [6, 6.07) is 0. The summed E-state index contributed by atoms with van der Waals surface area (Å²) < 4.78 is 1.30. The average Bonchev–Trinajstić information content (AvgIpc) is 2.42. The van der Waals surface area contributed by atoms with Crippen LogP contribution in [0.25, 0.3) is 0 Å². The number of aromatic hydroxyl groups is 1. The Balaban J connectivity index is 2.87. The summed E-state index contributed by atoms with van der Waals surface area (Å²) in [5, 5.41) is 39.9. The van der Waals surface area contributed by atoms with E-state index in [-0.39, 0.29) is 11.4 Å². The van der Waals surface area contributed by atoms with Crippen molar-refractivity contribution in [1.82, 2.24) is 9.78 Å². The van der Waals surface area contributed by atoms with Crippen molar-refractivity contribution in [3.63, 3.8) is 0 Å². The standard InChI is InChI=1S/C7H12N2O4/c1-9-2-4(11)6(8-9)7(13)5(12)3-10/h2,5,7,10-13H,3H2,1H3. The summed E-state index contributed by atoms with van der Waals surface area (Å²) in [7, 11) is 1.57. The SMILES string of the molecule is Cn1cc(O)c(C(O)C(O)CO)n1. The van der Waals surface area contributed by atoms with Crippen molar-refractivity contribution >= 4 is 0 Å². The molecule has 4 N–H and O–H groups in total. The van der Waals surface area contributed by atoms with E-state index in [0.717, 1.165) is 0 Å². The molecule has 0 aliphatic carbocycles. The van der Waals surface area contributed by atoms with Gasteiger partial charge in [-0.3, -0.25) is 4.68 Å². The van der Waals surface area contributed by atoms with Crippen molar-refractivity contribution in [2.24, 2.45) is 7.05 Å². The Kier molecular flexibility index (Phi) is 2.86. The Morgan fingerprint density at radius 3 is 2.54 bits per heavy atom. The van der Waals surface area contributed by atoms with Gasteiger partial charge in [0.1, 0.15) is 17.9 Å². The van der Waals surface area contributed by atoms with Crippen molar-refractivity contribution in [2.45, 2.75) is 12.2 Å². The molecule has 13 heavy (non-hydrogen) atoms. The first kappa shape index (κ1) is 9.97. The highest BCUT2D eigenvalue weighted by Crippen LogP contribution is 2.23. The van der Waals surface area contributed by atoms with Gasteiger partial charge in [0, 0.05) is 7.05 Å². The van der Waals surface area contributed by atoms with Crippen LogP contribution in [0.4, 0.5) is 0 Å². The number of nitrogens with zero attached hydrogens (tertiary/aromatic N) is 2. The molecule has 1 heterocycles. The molecule has 0 aliphatic rings. The van der Waals surface area contributed by atoms with Gasteiger partial charge in [0.15, 0.2) is 5.75 Å². The summed E-state index contributed by atoms with van der Waals surface area (Å²) >= 11 is 0. The maximum atomic E-state index is 9.34. The summed E-state index contributed by atoms with van der Waals surface area (Å²) in [4.78, 5) is 0. The Labute approximate surface area is 74.7 Å². The zero-order chi connectivity index (χ0) is 10.0. The monoisotopic (exact) mass is 188 g/mol. The van der Waals surface area contributed by atoms with Crippen LogP contribution in [0.1, 0.15) is 11.8 Å². The van der Waals surface area contributed by atoms with E-state index in [1.54, 1.807) is 7.05 Å². The largest absolute Gasteiger partial charge is 0.504 e. The van der Waals surface area contributed by atoms with Crippen LogP contribution in [-0.4, -0.2) is 42.9 Å². The molecule has 0 aromatic carbocycles. The predicted molar refractivity (Wildman–Crippen MR) is 42.9 cm³/mol. The molecule has 0 amide bonds. The molecule has 74 valence electrons. The Hall–Kier alpha value is -1.11. The van der Waals surface area contributed by atoms with Crippen LogP contribution in [0.3, 0.4) is 0 Å². The van der Waals surface area contributed by atoms with Crippen molar-refractivity contribution in [1.29, 1.82) is 0 Å². The van der Waals surface area contributed by atoms with Gasteiger partial charge in [0.2, 0.25) is 0 Å². The molecule has 1 aromatic heterocycles. The summed E-state index contributed by atoms with van der Waals surface area (Å²) in [6.45, 7) is -0.586. The fourth-order valence-corrected chi connectivity index (χ4v) is 0.986. The molecule has 2 unspecified atom stereocenters. The fourth-order valence-electron chi connectivity index (χ4n) is 0.986. The molecule has 0 saturated carbocycles. The van der Waals surface area contributed by atoms with Gasteiger partial charge in [0.25, 0.3) is 0 Å². The third-order valence-corrected chi connectivity index (χ3v) is 1.67. The Morgan fingerprint density at radius 1 is 1.54 bits per heavy atom. The highest BCUT2D eigenvalue weighted by Gasteiger charge is 2.23. The molecule has 1 aromatic rings. The molecule has 0 fully saturated rings. The van der Waals surface area contributed by atoms with Crippen LogP contribution in [-0.2, 0) is 7.05 Å². The second kappa shape index (κ2) is 3.73. The molecule has 6 nitrogen and oxygen atoms in total. The number of hydrogen-bond donors (Lipinski definition) is 4. The van der Waals surface area contributed by atoms with Crippen molar-refractivity contribution < 1.29 is 20.4 Å². The molecular weight excluding hydrogens is 176 g/mol. The van der Waals surface area contributed by atoms with Gasteiger partial charge < -0.3 is 20.4 Å². The van der Waals surface area contributed by atoms with Gasteiger partial charge in [0.05, 0.1) is 12.8 Å². The number of aliphatic hydroxyl groups is 3. The van der Waals surface area contributed by atoms with E-state index in [1.807, 2.05) is 0 Å². The molecule has 0 bridgehead atoms. The second-order valence-electron chi connectivity index (χ2n) is 2.77. The highest BCUT2D eigenvalue weighted by atomic mass is 16.4. The number of aryl methyl sites for hydroxylation is 1. The van der Waals surface area contributed by atoms with Gasteiger partial charge >= 0.3 is 0 Å². The van der Waals surface area contributed by atoms with Crippen molar-refractivity contribution in [3.8, 4) is 5.75 Å². The molecule has 1 rings (SSSR count). The normalized spacial score (nSPS) is 15.7. The van der Waals surface area contributed by atoms with Crippen LogP contribution < -0.4 is 0 Å². The van der Waals surface area contributed by atoms with Gasteiger partial charge in [-0.2, -0.15) is 5.10 Å². The van der Waals surface area contributed by atoms with E-state index in [1.165, 1.54) is 10.9 Å². The lowest BCUT2D eigenvalue weighted by molar-refractivity contribution is -0.0184. The van der Waals surface area contributed by atoms with E-state index < -0.39 is 18.8 Å². The first-order valence-electron chi connectivity index (χ1n) is 3.75. The third kappa shape index (κ3) is 1.97. The van der Waals surface area contributed by atoms with Crippen molar-refractivity contribution in [3.05, 3.63) is 11.9 Å². The lowest BCUT2D eigenvalue weighted by atomic mass is 10.1. The number of aromatic nitrogens is 2. The van der Waals surface area contributed by atoms with Gasteiger partial charge in [-0.15, -0.1) is 0 Å². The highest BCUT2D eigenvalue weighted by molar-refractivity contribution is 5.25. The van der Waals surface area contributed by atoms with Gasteiger partial charge in [-0.05, 0) is 0 Å². The van der Waals surface area contributed by atoms with E-state index >= 15 is 0 Å². The minimum absolute atomic E-state index is 0.0379.